The predicted octanol–water partition coefficient (Wildman–Crippen LogP) is 0.285. The highest BCUT2D eigenvalue weighted by atomic mass is 16.4. The van der Waals surface area contributed by atoms with Crippen molar-refractivity contribution in [3.8, 4) is 0 Å². The van der Waals surface area contributed by atoms with Gasteiger partial charge in [-0.25, -0.2) is 0 Å². The Morgan fingerprint density at radius 3 is 2.48 bits per heavy atom. The number of amides is 3. The van der Waals surface area contributed by atoms with E-state index in [1.165, 1.54) is 0 Å². The van der Waals surface area contributed by atoms with Crippen LogP contribution in [-0.4, -0.2) is 46.3 Å². The van der Waals surface area contributed by atoms with Crippen LogP contribution in [0.3, 0.4) is 0 Å². The molecule has 1 aliphatic heterocycles. The molecule has 2 fully saturated rings. The summed E-state index contributed by atoms with van der Waals surface area (Å²) in [7, 11) is 0. The second-order valence-electron chi connectivity index (χ2n) is 5.66. The van der Waals surface area contributed by atoms with Crippen molar-refractivity contribution >= 4 is 23.7 Å². The summed E-state index contributed by atoms with van der Waals surface area (Å²) in [4.78, 5) is 46.8. The highest BCUT2D eigenvalue weighted by molar-refractivity contribution is 6.02. The number of imide groups is 1. The first-order valence-corrected chi connectivity index (χ1v) is 7.32. The number of aliphatic carboxylic acids is 1. The molecule has 1 saturated carbocycles. The maximum absolute atomic E-state index is 11.9. The van der Waals surface area contributed by atoms with Gasteiger partial charge < -0.3 is 10.4 Å². The Kier molecular flexibility index (Phi) is 4.93. The summed E-state index contributed by atoms with van der Waals surface area (Å²) in [5.41, 5.74) is 0. The lowest BCUT2D eigenvalue weighted by atomic mass is 9.86. The van der Waals surface area contributed by atoms with Gasteiger partial charge in [0.1, 0.15) is 0 Å². The molecule has 2 atom stereocenters. The van der Waals surface area contributed by atoms with Crippen molar-refractivity contribution in [2.24, 2.45) is 5.92 Å². The van der Waals surface area contributed by atoms with E-state index in [-0.39, 0.29) is 49.6 Å². The van der Waals surface area contributed by atoms with E-state index in [0.29, 0.717) is 12.8 Å². The summed E-state index contributed by atoms with van der Waals surface area (Å²) >= 11 is 0. The average Bonchev–Trinajstić information content (AvgIpc) is 2.76. The zero-order chi connectivity index (χ0) is 15.4. The van der Waals surface area contributed by atoms with Gasteiger partial charge in [-0.1, -0.05) is 6.42 Å². The van der Waals surface area contributed by atoms with Crippen LogP contribution in [0.1, 0.15) is 44.9 Å². The molecule has 0 aromatic rings. The molecule has 7 heteroatoms. The Bertz CT molecular complexity index is 446. The first-order valence-electron chi connectivity index (χ1n) is 7.32. The van der Waals surface area contributed by atoms with E-state index < -0.39 is 11.9 Å². The number of rotatable bonds is 5. The maximum Gasteiger partial charge on any atom is 0.306 e. The molecule has 2 rings (SSSR count). The average molecular weight is 296 g/mol. The highest BCUT2D eigenvalue weighted by Crippen LogP contribution is 2.24. The van der Waals surface area contributed by atoms with Crippen LogP contribution in [0.15, 0.2) is 0 Å². The van der Waals surface area contributed by atoms with Crippen molar-refractivity contribution in [1.82, 2.24) is 10.2 Å². The van der Waals surface area contributed by atoms with Crippen molar-refractivity contribution in [1.29, 1.82) is 0 Å². The molecule has 116 valence electrons. The molecule has 3 amide bonds. The monoisotopic (exact) mass is 296 g/mol. The van der Waals surface area contributed by atoms with Crippen molar-refractivity contribution in [2.75, 3.05) is 6.54 Å². The number of carbonyl (C=O) groups excluding carboxylic acids is 3. The minimum Gasteiger partial charge on any atom is -0.481 e. The van der Waals surface area contributed by atoms with E-state index in [2.05, 4.69) is 5.32 Å². The van der Waals surface area contributed by atoms with Gasteiger partial charge >= 0.3 is 5.97 Å². The number of nitrogens with one attached hydrogen (secondary N) is 1. The van der Waals surface area contributed by atoms with Crippen LogP contribution in [0.4, 0.5) is 0 Å². The van der Waals surface area contributed by atoms with Gasteiger partial charge in [-0.3, -0.25) is 24.1 Å². The Morgan fingerprint density at radius 2 is 1.86 bits per heavy atom. The molecule has 0 spiro atoms. The van der Waals surface area contributed by atoms with Crippen LogP contribution in [0.5, 0.6) is 0 Å². The quantitative estimate of drug-likeness (QED) is 0.709. The molecule has 0 bridgehead atoms. The lowest BCUT2D eigenvalue weighted by molar-refractivity contribution is -0.144. The van der Waals surface area contributed by atoms with E-state index in [0.717, 1.165) is 17.7 Å². The SMILES string of the molecule is O=C(CCN1C(=O)CCC1=O)NC1CCCC(C(=O)O)C1. The fourth-order valence-electron chi connectivity index (χ4n) is 2.93. The van der Waals surface area contributed by atoms with Gasteiger partial charge in [-0.2, -0.15) is 0 Å². The van der Waals surface area contributed by atoms with Gasteiger partial charge in [0.2, 0.25) is 17.7 Å². The van der Waals surface area contributed by atoms with Crippen LogP contribution in [-0.2, 0) is 19.2 Å². The van der Waals surface area contributed by atoms with Crippen molar-refractivity contribution in [3.05, 3.63) is 0 Å². The zero-order valence-corrected chi connectivity index (χ0v) is 11.8. The number of carboxylic acids is 1. The Balaban J connectivity index is 1.75. The number of carboxylic acid groups (broad SMARTS) is 1. The molecule has 1 heterocycles. The smallest absolute Gasteiger partial charge is 0.306 e. The molecule has 2 aliphatic rings. The number of likely N-dealkylation sites (tertiary alicyclic amines) is 1. The Hall–Kier alpha value is -1.92. The van der Waals surface area contributed by atoms with Crippen molar-refractivity contribution < 1.29 is 24.3 Å². The molecule has 7 nitrogen and oxygen atoms in total. The van der Waals surface area contributed by atoms with Gasteiger partial charge in [0, 0.05) is 31.8 Å². The molecule has 1 aliphatic carbocycles. The number of nitrogens with zero attached hydrogens (tertiary/aromatic N) is 1. The minimum absolute atomic E-state index is 0.0751. The molecule has 0 radical (unpaired) electrons. The normalized spacial score (nSPS) is 26.0. The lowest BCUT2D eigenvalue weighted by Gasteiger charge is -2.27. The fourth-order valence-corrected chi connectivity index (χ4v) is 2.93. The summed E-state index contributed by atoms with van der Waals surface area (Å²) < 4.78 is 0. The molecule has 2 unspecified atom stereocenters. The van der Waals surface area contributed by atoms with Crippen LogP contribution >= 0.6 is 0 Å². The van der Waals surface area contributed by atoms with Crippen molar-refractivity contribution in [2.45, 2.75) is 51.0 Å². The maximum atomic E-state index is 11.9. The van der Waals surface area contributed by atoms with Gasteiger partial charge in [0.05, 0.1) is 5.92 Å². The van der Waals surface area contributed by atoms with Crippen LogP contribution in [0.25, 0.3) is 0 Å². The third kappa shape index (κ3) is 4.03. The number of hydrogen-bond donors (Lipinski definition) is 2. The predicted molar refractivity (Wildman–Crippen MR) is 72.1 cm³/mol. The third-order valence-corrected chi connectivity index (χ3v) is 4.11. The van der Waals surface area contributed by atoms with E-state index >= 15 is 0 Å². The molecule has 1 saturated heterocycles. The van der Waals surface area contributed by atoms with Gasteiger partial charge in [-0.15, -0.1) is 0 Å². The van der Waals surface area contributed by atoms with Crippen molar-refractivity contribution in [3.63, 3.8) is 0 Å². The van der Waals surface area contributed by atoms with E-state index in [4.69, 9.17) is 5.11 Å². The zero-order valence-electron chi connectivity index (χ0n) is 11.8. The summed E-state index contributed by atoms with van der Waals surface area (Å²) in [5.74, 6) is -1.90. The molecule has 2 N–H and O–H groups in total. The van der Waals surface area contributed by atoms with E-state index in [1.54, 1.807) is 0 Å². The molecule has 21 heavy (non-hydrogen) atoms. The van der Waals surface area contributed by atoms with Gasteiger partial charge in [-0.05, 0) is 19.3 Å². The van der Waals surface area contributed by atoms with E-state index in [9.17, 15) is 19.2 Å². The Morgan fingerprint density at radius 1 is 1.19 bits per heavy atom. The summed E-state index contributed by atoms with van der Waals surface area (Å²) in [5, 5.41) is 11.8. The lowest BCUT2D eigenvalue weighted by Crippen LogP contribution is -2.41. The largest absolute Gasteiger partial charge is 0.481 e. The minimum atomic E-state index is -0.817. The molecule has 0 aromatic heterocycles. The van der Waals surface area contributed by atoms with E-state index in [1.807, 2.05) is 0 Å². The molecule has 0 aromatic carbocycles. The second-order valence-corrected chi connectivity index (χ2v) is 5.66. The number of hydrogen-bond acceptors (Lipinski definition) is 4. The fraction of sp³-hybridized carbons (Fsp3) is 0.714. The first-order chi connectivity index (χ1) is 9.97. The topological polar surface area (TPSA) is 104 Å². The third-order valence-electron chi connectivity index (χ3n) is 4.11. The van der Waals surface area contributed by atoms with Crippen LogP contribution in [0.2, 0.25) is 0 Å². The second kappa shape index (κ2) is 6.69. The summed E-state index contributed by atoms with van der Waals surface area (Å²) in [6.45, 7) is 0.110. The van der Waals surface area contributed by atoms with Gasteiger partial charge in [0.15, 0.2) is 0 Å². The first kappa shape index (κ1) is 15.5. The van der Waals surface area contributed by atoms with Crippen LogP contribution in [0, 0.1) is 5.92 Å². The van der Waals surface area contributed by atoms with Gasteiger partial charge in [0.25, 0.3) is 0 Å². The van der Waals surface area contributed by atoms with Crippen LogP contribution < -0.4 is 5.32 Å². The summed E-state index contributed by atoms with van der Waals surface area (Å²) in [6.07, 6.45) is 3.18. The highest BCUT2D eigenvalue weighted by Gasteiger charge is 2.30. The molecular formula is C14H20N2O5. The Labute approximate surface area is 122 Å². The molecular weight excluding hydrogens is 276 g/mol. The standard InChI is InChI=1S/C14H20N2O5/c17-11(6-7-16-12(18)4-5-13(16)19)15-10-3-1-2-9(8-10)14(20)21/h9-10H,1-8H2,(H,15,17)(H,20,21). The number of carbonyl (C=O) groups is 4. The summed E-state index contributed by atoms with van der Waals surface area (Å²) in [6, 6.07) is -0.127.